The average Bonchev–Trinajstić information content (AvgIpc) is 1.99. The Hall–Kier alpha value is 0.0169. The Labute approximate surface area is 75.9 Å². The lowest BCUT2D eigenvalue weighted by Gasteiger charge is -2.22. The van der Waals surface area contributed by atoms with Gasteiger partial charge in [0.15, 0.2) is 0 Å². The van der Waals surface area contributed by atoms with Crippen molar-refractivity contribution in [2.24, 2.45) is 0 Å². The molecule has 0 bridgehead atoms. The molecule has 61 valence electrons. The summed E-state index contributed by atoms with van der Waals surface area (Å²) in [5.74, 6) is 0.884. The quantitative estimate of drug-likeness (QED) is 0.373. The third kappa shape index (κ3) is 6.42. The van der Waals surface area contributed by atoms with E-state index in [2.05, 4.69) is 10.5 Å². The summed E-state index contributed by atoms with van der Waals surface area (Å²) in [5, 5.41) is 10.3. The van der Waals surface area contributed by atoms with Crippen molar-refractivity contribution in [1.29, 1.82) is 5.26 Å². The van der Waals surface area contributed by atoms with E-state index in [0.717, 1.165) is 18.6 Å². The summed E-state index contributed by atoms with van der Waals surface area (Å²) in [6, 6.07) is 0. The molecule has 4 heteroatoms. The fraction of sp³-hybridized carbons (Fsp3) is 0.857. The number of rotatable bonds is 5. The number of thioether (sulfide) groups is 1. The van der Waals surface area contributed by atoms with Crippen LogP contribution in [0.15, 0.2) is 0 Å². The number of nitriles is 1. The van der Waals surface area contributed by atoms with Gasteiger partial charge in [-0.1, -0.05) is 0 Å². The highest BCUT2D eigenvalue weighted by Gasteiger charge is 2.14. The van der Waals surface area contributed by atoms with Crippen LogP contribution in [0.5, 0.6) is 0 Å². The zero-order chi connectivity index (χ0) is 8.74. The second-order valence-electron chi connectivity index (χ2n) is 2.91. The van der Waals surface area contributed by atoms with Crippen LogP contribution in [0.2, 0.25) is 0 Å². The number of hydrogen-bond donors (Lipinski definition) is 0. The Bertz CT molecular complexity index is 144. The van der Waals surface area contributed by atoms with Gasteiger partial charge in [-0.2, -0.15) is 5.26 Å². The van der Waals surface area contributed by atoms with Crippen molar-refractivity contribution in [2.75, 3.05) is 5.75 Å². The predicted molar refractivity (Wildman–Crippen MR) is 48.2 cm³/mol. The van der Waals surface area contributed by atoms with Gasteiger partial charge in [-0.15, -0.1) is 0 Å². The molecule has 0 unspecified atom stereocenters. The van der Waals surface area contributed by atoms with Crippen LogP contribution in [0, 0.1) is 10.7 Å². The second kappa shape index (κ2) is 5.64. The molecule has 0 rings (SSSR count). The summed E-state index contributed by atoms with van der Waals surface area (Å²) in [7, 11) is 3.01. The van der Waals surface area contributed by atoms with E-state index in [1.54, 1.807) is 0 Å². The Balaban J connectivity index is 3.32. The lowest BCUT2D eigenvalue weighted by molar-refractivity contribution is 0.112. The minimum Gasteiger partial charge on any atom is -0.414 e. The third-order valence-corrected chi connectivity index (χ3v) is 2.54. The van der Waals surface area contributed by atoms with E-state index in [9.17, 15) is 0 Å². The maximum atomic E-state index is 8.22. The first-order valence-corrected chi connectivity index (χ1v) is 4.87. The first kappa shape index (κ1) is 11.0. The molecule has 0 aliphatic heterocycles. The molecule has 0 heterocycles. The van der Waals surface area contributed by atoms with Crippen LogP contribution in [0.3, 0.4) is 0 Å². The van der Waals surface area contributed by atoms with Crippen LogP contribution in [0.4, 0.5) is 0 Å². The van der Waals surface area contributed by atoms with E-state index >= 15 is 0 Å². The van der Waals surface area contributed by atoms with Crippen molar-refractivity contribution in [1.82, 2.24) is 0 Å². The summed E-state index contributed by atoms with van der Waals surface area (Å²) < 4.78 is 5.03. The second-order valence-corrected chi connectivity index (χ2v) is 3.99. The van der Waals surface area contributed by atoms with E-state index in [-0.39, 0.29) is 5.60 Å². The smallest absolute Gasteiger partial charge is 0.246 e. The van der Waals surface area contributed by atoms with Gasteiger partial charge in [-0.3, -0.25) is 0 Å². The van der Waals surface area contributed by atoms with Gasteiger partial charge in [0.05, 0.1) is 0 Å². The molecular weight excluding hydrogens is 174 g/mol. The average molecular weight is 186 g/mol. The number of hydrogen-bond acceptors (Lipinski definition) is 3. The summed E-state index contributed by atoms with van der Waals surface area (Å²) in [5.41, 5.74) is -0.118. The summed E-state index contributed by atoms with van der Waals surface area (Å²) in [4.78, 5) is 0. The first-order valence-electron chi connectivity index (χ1n) is 3.48. The van der Waals surface area contributed by atoms with Crippen molar-refractivity contribution in [2.45, 2.75) is 32.3 Å². The first-order chi connectivity index (χ1) is 5.12. The van der Waals surface area contributed by atoms with Crippen LogP contribution in [0.1, 0.15) is 26.7 Å². The van der Waals surface area contributed by atoms with Gasteiger partial charge in [-0.25, -0.2) is 0 Å². The number of thiocyanates is 1. The molecule has 0 aliphatic rings. The largest absolute Gasteiger partial charge is 0.414 e. The van der Waals surface area contributed by atoms with Crippen molar-refractivity contribution >= 4 is 22.2 Å². The maximum absolute atomic E-state index is 8.22. The summed E-state index contributed by atoms with van der Waals surface area (Å²) >= 11 is 1.29. The molecule has 0 amide bonds. The number of nitrogens with zero attached hydrogens (tertiary/aromatic N) is 1. The minimum atomic E-state index is -0.118. The molecule has 0 aromatic carbocycles. The standard InChI is InChI=1S/C7H12NOSSi/c1-7(2,9-11)4-3-5-10-6-8/h3-5H2,1-2H3. The zero-order valence-corrected chi connectivity index (χ0v) is 8.70. The fourth-order valence-corrected chi connectivity index (χ4v) is 1.15. The van der Waals surface area contributed by atoms with Gasteiger partial charge in [0.1, 0.15) is 5.40 Å². The molecule has 0 aliphatic carbocycles. The van der Waals surface area contributed by atoms with Crippen molar-refractivity contribution in [3.05, 3.63) is 0 Å². The molecule has 0 aromatic rings. The van der Waals surface area contributed by atoms with Gasteiger partial charge >= 0.3 is 0 Å². The van der Waals surface area contributed by atoms with Crippen LogP contribution in [-0.2, 0) is 4.43 Å². The van der Waals surface area contributed by atoms with Gasteiger partial charge in [0.25, 0.3) is 0 Å². The van der Waals surface area contributed by atoms with Crippen LogP contribution < -0.4 is 0 Å². The highest BCUT2D eigenvalue weighted by molar-refractivity contribution is 8.03. The maximum Gasteiger partial charge on any atom is 0.246 e. The lowest BCUT2D eigenvalue weighted by Crippen LogP contribution is -2.22. The molecule has 0 saturated carbocycles. The molecule has 0 fully saturated rings. The van der Waals surface area contributed by atoms with Crippen molar-refractivity contribution < 1.29 is 4.43 Å². The van der Waals surface area contributed by atoms with E-state index in [0.29, 0.717) is 0 Å². The summed E-state index contributed by atoms with van der Waals surface area (Å²) in [6.45, 7) is 4.02. The van der Waals surface area contributed by atoms with E-state index in [1.807, 2.05) is 19.2 Å². The van der Waals surface area contributed by atoms with Gasteiger partial charge in [-0.05, 0) is 38.5 Å². The normalized spacial score (nSPS) is 11.1. The van der Waals surface area contributed by atoms with E-state index < -0.39 is 0 Å². The van der Waals surface area contributed by atoms with Crippen molar-refractivity contribution in [3.8, 4) is 5.40 Å². The van der Waals surface area contributed by atoms with Crippen LogP contribution in [0.25, 0.3) is 0 Å². The Morgan fingerprint density at radius 1 is 1.64 bits per heavy atom. The molecule has 11 heavy (non-hydrogen) atoms. The highest BCUT2D eigenvalue weighted by atomic mass is 32.2. The molecular formula is C7H12NOSSi. The zero-order valence-electron chi connectivity index (χ0n) is 6.89. The molecule has 0 spiro atoms. The van der Waals surface area contributed by atoms with Gasteiger partial charge in [0, 0.05) is 11.4 Å². The lowest BCUT2D eigenvalue weighted by atomic mass is 10.0. The van der Waals surface area contributed by atoms with E-state index in [1.165, 1.54) is 11.8 Å². The highest BCUT2D eigenvalue weighted by Crippen LogP contribution is 2.16. The fourth-order valence-electron chi connectivity index (χ4n) is 0.667. The minimum absolute atomic E-state index is 0.118. The van der Waals surface area contributed by atoms with Gasteiger partial charge in [0.2, 0.25) is 10.5 Å². The molecule has 2 nitrogen and oxygen atoms in total. The van der Waals surface area contributed by atoms with Crippen LogP contribution >= 0.6 is 11.8 Å². The Morgan fingerprint density at radius 3 is 2.73 bits per heavy atom. The summed E-state index contributed by atoms with van der Waals surface area (Å²) in [6.07, 6.45) is 1.97. The Kier molecular flexibility index (Phi) is 5.65. The van der Waals surface area contributed by atoms with Crippen LogP contribution in [-0.4, -0.2) is 21.8 Å². The van der Waals surface area contributed by atoms with Crippen molar-refractivity contribution in [3.63, 3.8) is 0 Å². The molecule has 3 radical (unpaired) electrons. The van der Waals surface area contributed by atoms with E-state index in [4.69, 9.17) is 9.69 Å². The van der Waals surface area contributed by atoms with Gasteiger partial charge < -0.3 is 4.43 Å². The topological polar surface area (TPSA) is 33.0 Å². The SMILES string of the molecule is CC(C)(CCCSC#N)O[Si]. The molecule has 0 atom stereocenters. The monoisotopic (exact) mass is 186 g/mol. The molecule has 0 N–H and O–H groups in total. The Morgan fingerprint density at radius 2 is 2.27 bits per heavy atom. The predicted octanol–water partition coefficient (Wildman–Crippen LogP) is 1.86. The third-order valence-electron chi connectivity index (χ3n) is 1.37. The molecule has 0 aromatic heterocycles. The molecule has 0 saturated heterocycles.